The van der Waals surface area contributed by atoms with Gasteiger partial charge in [0.25, 0.3) is 0 Å². The predicted molar refractivity (Wildman–Crippen MR) is 75.1 cm³/mol. The minimum atomic E-state index is 0.295. The Balaban J connectivity index is 2.44. The number of aliphatic hydroxyl groups is 1. The molecule has 5 heteroatoms. The number of aryl methyl sites for hydroxylation is 1. The molecule has 0 unspecified atom stereocenters. The van der Waals surface area contributed by atoms with E-state index in [9.17, 15) is 0 Å². The number of hydrogen-bond donors (Lipinski definition) is 3. The highest BCUT2D eigenvalue weighted by Crippen LogP contribution is 2.19. The molecule has 0 aromatic carbocycles. The van der Waals surface area contributed by atoms with E-state index in [1.807, 2.05) is 20.9 Å². The standard InChI is InChI=1S/C13H24N4O/c1-10-12(14-3)16-11(2)17-13(10)15-8-6-4-5-7-9-18/h18H,4-9H2,1-3H3,(H2,14,15,16,17). The van der Waals surface area contributed by atoms with Crippen LogP contribution in [0.2, 0.25) is 0 Å². The van der Waals surface area contributed by atoms with E-state index in [4.69, 9.17) is 5.11 Å². The van der Waals surface area contributed by atoms with Crippen LogP contribution in [0.1, 0.15) is 37.1 Å². The molecule has 0 saturated heterocycles. The normalized spacial score (nSPS) is 10.4. The average Bonchev–Trinajstić information content (AvgIpc) is 2.37. The molecule has 0 bridgehead atoms. The van der Waals surface area contributed by atoms with Gasteiger partial charge in [-0.15, -0.1) is 0 Å². The number of aliphatic hydroxyl groups excluding tert-OH is 1. The minimum Gasteiger partial charge on any atom is -0.396 e. The lowest BCUT2D eigenvalue weighted by molar-refractivity contribution is 0.283. The van der Waals surface area contributed by atoms with Gasteiger partial charge in [-0.25, -0.2) is 9.97 Å². The molecule has 0 aliphatic rings. The average molecular weight is 252 g/mol. The van der Waals surface area contributed by atoms with Crippen LogP contribution in [-0.4, -0.2) is 35.3 Å². The Hall–Kier alpha value is -1.36. The van der Waals surface area contributed by atoms with Gasteiger partial charge in [-0.2, -0.15) is 0 Å². The Labute approximate surface area is 109 Å². The molecular formula is C13H24N4O. The van der Waals surface area contributed by atoms with Crippen LogP contribution in [0, 0.1) is 13.8 Å². The smallest absolute Gasteiger partial charge is 0.134 e. The van der Waals surface area contributed by atoms with Crippen molar-refractivity contribution in [1.82, 2.24) is 9.97 Å². The van der Waals surface area contributed by atoms with Gasteiger partial charge >= 0.3 is 0 Å². The lowest BCUT2D eigenvalue weighted by Crippen LogP contribution is -2.09. The second-order valence-corrected chi connectivity index (χ2v) is 4.41. The highest BCUT2D eigenvalue weighted by molar-refractivity contribution is 5.56. The van der Waals surface area contributed by atoms with Crippen LogP contribution in [0.3, 0.4) is 0 Å². The molecule has 0 aliphatic carbocycles. The first-order chi connectivity index (χ1) is 8.69. The fourth-order valence-electron chi connectivity index (χ4n) is 1.84. The monoisotopic (exact) mass is 252 g/mol. The molecule has 18 heavy (non-hydrogen) atoms. The van der Waals surface area contributed by atoms with Gasteiger partial charge < -0.3 is 15.7 Å². The third-order valence-corrected chi connectivity index (χ3v) is 2.87. The number of rotatable bonds is 8. The van der Waals surface area contributed by atoms with Gasteiger partial charge in [0.2, 0.25) is 0 Å². The molecule has 1 rings (SSSR count). The van der Waals surface area contributed by atoms with E-state index in [2.05, 4.69) is 20.6 Å². The summed E-state index contributed by atoms with van der Waals surface area (Å²) in [6.45, 7) is 5.11. The van der Waals surface area contributed by atoms with Crippen LogP contribution in [0.25, 0.3) is 0 Å². The molecule has 1 aromatic heterocycles. The largest absolute Gasteiger partial charge is 0.396 e. The Bertz CT molecular complexity index is 368. The minimum absolute atomic E-state index is 0.295. The van der Waals surface area contributed by atoms with Crippen LogP contribution in [0.4, 0.5) is 11.6 Å². The van der Waals surface area contributed by atoms with Gasteiger partial charge in [-0.05, 0) is 26.7 Å². The van der Waals surface area contributed by atoms with Crippen molar-refractivity contribution >= 4 is 11.6 Å². The maximum atomic E-state index is 8.69. The maximum absolute atomic E-state index is 8.69. The molecule has 1 heterocycles. The topological polar surface area (TPSA) is 70.1 Å². The zero-order chi connectivity index (χ0) is 13.4. The van der Waals surface area contributed by atoms with Crippen molar-refractivity contribution in [3.8, 4) is 0 Å². The molecule has 0 radical (unpaired) electrons. The van der Waals surface area contributed by atoms with Crippen molar-refractivity contribution in [2.24, 2.45) is 0 Å². The first-order valence-electron chi connectivity index (χ1n) is 6.56. The molecule has 1 aromatic rings. The highest BCUT2D eigenvalue weighted by atomic mass is 16.2. The quantitative estimate of drug-likeness (QED) is 0.618. The Morgan fingerprint density at radius 2 is 1.67 bits per heavy atom. The van der Waals surface area contributed by atoms with E-state index in [1.54, 1.807) is 0 Å². The van der Waals surface area contributed by atoms with Crippen molar-refractivity contribution in [2.45, 2.75) is 39.5 Å². The van der Waals surface area contributed by atoms with Crippen LogP contribution >= 0.6 is 0 Å². The summed E-state index contributed by atoms with van der Waals surface area (Å²) < 4.78 is 0. The van der Waals surface area contributed by atoms with Gasteiger partial charge in [0.15, 0.2) is 0 Å². The molecule has 0 fully saturated rings. The molecule has 0 amide bonds. The summed E-state index contributed by atoms with van der Waals surface area (Å²) in [5, 5.41) is 15.1. The van der Waals surface area contributed by atoms with Crippen molar-refractivity contribution in [3.63, 3.8) is 0 Å². The zero-order valence-corrected chi connectivity index (χ0v) is 11.6. The van der Waals surface area contributed by atoms with Crippen LogP contribution in [0.5, 0.6) is 0 Å². The molecule has 0 atom stereocenters. The fraction of sp³-hybridized carbons (Fsp3) is 0.692. The number of nitrogens with zero attached hydrogens (tertiary/aromatic N) is 2. The number of nitrogens with one attached hydrogen (secondary N) is 2. The van der Waals surface area contributed by atoms with E-state index in [-0.39, 0.29) is 0 Å². The second-order valence-electron chi connectivity index (χ2n) is 4.41. The van der Waals surface area contributed by atoms with Crippen molar-refractivity contribution < 1.29 is 5.11 Å². The van der Waals surface area contributed by atoms with Crippen LogP contribution < -0.4 is 10.6 Å². The fourth-order valence-corrected chi connectivity index (χ4v) is 1.84. The molecular weight excluding hydrogens is 228 g/mol. The predicted octanol–water partition coefficient (Wildman–Crippen LogP) is 2.10. The molecule has 3 N–H and O–H groups in total. The van der Waals surface area contributed by atoms with Gasteiger partial charge in [0.05, 0.1) is 0 Å². The van der Waals surface area contributed by atoms with Gasteiger partial charge in [-0.1, -0.05) is 12.8 Å². The Morgan fingerprint density at radius 3 is 2.33 bits per heavy atom. The summed E-state index contributed by atoms with van der Waals surface area (Å²) in [4.78, 5) is 8.74. The third-order valence-electron chi connectivity index (χ3n) is 2.87. The molecule has 102 valence electrons. The van der Waals surface area contributed by atoms with Crippen molar-refractivity contribution in [1.29, 1.82) is 0 Å². The lowest BCUT2D eigenvalue weighted by atomic mass is 10.2. The molecule has 5 nitrogen and oxygen atoms in total. The van der Waals surface area contributed by atoms with E-state index in [0.717, 1.165) is 55.3 Å². The second kappa shape index (κ2) is 7.87. The molecule has 0 aliphatic heterocycles. The SMILES string of the molecule is CNc1nc(C)nc(NCCCCCCO)c1C. The maximum Gasteiger partial charge on any atom is 0.134 e. The summed E-state index contributed by atoms with van der Waals surface area (Å²) in [5.74, 6) is 2.56. The van der Waals surface area contributed by atoms with Gasteiger partial charge in [0, 0.05) is 25.8 Å². The van der Waals surface area contributed by atoms with Gasteiger partial charge in [0.1, 0.15) is 17.5 Å². The lowest BCUT2D eigenvalue weighted by Gasteiger charge is -2.12. The van der Waals surface area contributed by atoms with Crippen LogP contribution in [-0.2, 0) is 0 Å². The zero-order valence-electron chi connectivity index (χ0n) is 11.6. The summed E-state index contributed by atoms with van der Waals surface area (Å²) in [6, 6.07) is 0. The number of aromatic nitrogens is 2. The Morgan fingerprint density at radius 1 is 1.00 bits per heavy atom. The number of anilines is 2. The van der Waals surface area contributed by atoms with Crippen molar-refractivity contribution in [3.05, 3.63) is 11.4 Å². The molecule has 0 spiro atoms. The van der Waals surface area contributed by atoms with E-state index >= 15 is 0 Å². The summed E-state index contributed by atoms with van der Waals surface area (Å²) in [5.41, 5.74) is 1.05. The van der Waals surface area contributed by atoms with E-state index in [0.29, 0.717) is 6.61 Å². The summed E-state index contributed by atoms with van der Waals surface area (Å²) in [7, 11) is 1.87. The van der Waals surface area contributed by atoms with Crippen molar-refractivity contribution in [2.75, 3.05) is 30.8 Å². The highest BCUT2D eigenvalue weighted by Gasteiger charge is 2.06. The number of unbranched alkanes of at least 4 members (excludes halogenated alkanes) is 3. The third kappa shape index (κ3) is 4.49. The van der Waals surface area contributed by atoms with Crippen LogP contribution in [0.15, 0.2) is 0 Å². The summed E-state index contributed by atoms with van der Waals surface area (Å²) >= 11 is 0. The first kappa shape index (κ1) is 14.7. The Kier molecular flexibility index (Phi) is 6.43. The molecule has 0 saturated carbocycles. The summed E-state index contributed by atoms with van der Waals surface area (Å²) in [6.07, 6.45) is 4.21. The first-order valence-corrected chi connectivity index (χ1v) is 6.56. The van der Waals surface area contributed by atoms with E-state index in [1.165, 1.54) is 0 Å². The number of hydrogen-bond acceptors (Lipinski definition) is 5. The van der Waals surface area contributed by atoms with Gasteiger partial charge in [-0.3, -0.25) is 0 Å². The van der Waals surface area contributed by atoms with E-state index < -0.39 is 0 Å².